The van der Waals surface area contributed by atoms with Crippen LogP contribution in [0, 0.1) is 5.41 Å². The summed E-state index contributed by atoms with van der Waals surface area (Å²) >= 11 is 0. The lowest BCUT2D eigenvalue weighted by Gasteiger charge is -2.41. The minimum atomic E-state index is -1.02. The van der Waals surface area contributed by atoms with Gasteiger partial charge in [0, 0.05) is 22.7 Å². The standard InChI is InChI=1S/C22H30N2O5/c1-21(2)8-4-9-22(29,14-21)11-19(27)23-18-6-3-5-17-16(18)7-10-24(20(17)28)15(12-25)13-26/h3,5-7,10,15,25-26,29H,4,8-9,11-14H2,1-2H3,(H,23,27). The molecule has 1 aromatic heterocycles. The van der Waals surface area contributed by atoms with Crippen LogP contribution >= 0.6 is 0 Å². The molecule has 1 atom stereocenters. The summed E-state index contributed by atoms with van der Waals surface area (Å²) in [5.74, 6) is -0.287. The van der Waals surface area contributed by atoms with E-state index in [0.717, 1.165) is 12.8 Å². The molecule has 0 radical (unpaired) electrons. The number of benzene rings is 1. The molecule has 1 aliphatic carbocycles. The minimum absolute atomic E-state index is 0.00770. The van der Waals surface area contributed by atoms with Crippen LogP contribution in [-0.4, -0.2) is 44.6 Å². The first-order valence-electron chi connectivity index (χ1n) is 10.1. The van der Waals surface area contributed by atoms with Gasteiger partial charge in [-0.15, -0.1) is 0 Å². The highest BCUT2D eigenvalue weighted by Gasteiger charge is 2.39. The number of aromatic nitrogens is 1. The van der Waals surface area contributed by atoms with Crippen LogP contribution in [0.1, 0.15) is 52.0 Å². The number of aliphatic hydroxyl groups excluding tert-OH is 2. The summed E-state index contributed by atoms with van der Waals surface area (Å²) in [7, 11) is 0. The lowest BCUT2D eigenvalue weighted by atomic mass is 9.68. The van der Waals surface area contributed by atoms with E-state index in [-0.39, 0.29) is 36.5 Å². The Morgan fingerprint density at radius 1 is 1.17 bits per heavy atom. The second kappa shape index (κ2) is 8.26. The number of amides is 1. The third kappa shape index (κ3) is 4.69. The van der Waals surface area contributed by atoms with Gasteiger partial charge in [0.2, 0.25) is 5.91 Å². The van der Waals surface area contributed by atoms with E-state index in [1.807, 2.05) is 0 Å². The van der Waals surface area contributed by atoms with Gasteiger partial charge in [-0.25, -0.2) is 0 Å². The Hall–Kier alpha value is -2.22. The lowest BCUT2D eigenvalue weighted by Crippen LogP contribution is -2.41. The highest BCUT2D eigenvalue weighted by molar-refractivity contribution is 6.02. The topological polar surface area (TPSA) is 112 Å². The number of rotatable bonds is 6. The predicted octanol–water partition coefficient (Wildman–Crippen LogP) is 2.19. The fraction of sp³-hybridized carbons (Fsp3) is 0.545. The maximum absolute atomic E-state index is 12.8. The maximum atomic E-state index is 12.8. The Kier molecular flexibility index (Phi) is 6.12. The number of fused-ring (bicyclic) bond motifs is 1. The SMILES string of the molecule is CC1(C)CCCC(O)(CC(=O)Nc2cccc3c(=O)n(C(CO)CO)ccc23)C1. The van der Waals surface area contributed by atoms with Crippen molar-refractivity contribution in [2.45, 2.75) is 57.6 Å². The van der Waals surface area contributed by atoms with E-state index in [0.29, 0.717) is 29.3 Å². The third-order valence-corrected chi connectivity index (χ3v) is 5.85. The molecule has 1 heterocycles. The summed E-state index contributed by atoms with van der Waals surface area (Å²) < 4.78 is 1.29. The number of nitrogens with one attached hydrogen (secondary N) is 1. The fourth-order valence-electron chi connectivity index (χ4n) is 4.53. The van der Waals surface area contributed by atoms with E-state index in [9.17, 15) is 24.9 Å². The average Bonchev–Trinajstić information content (AvgIpc) is 2.63. The zero-order valence-corrected chi connectivity index (χ0v) is 17.0. The fourth-order valence-corrected chi connectivity index (χ4v) is 4.53. The molecular weight excluding hydrogens is 372 g/mol. The highest BCUT2D eigenvalue weighted by Crippen LogP contribution is 2.42. The Labute approximate surface area is 170 Å². The number of hydrogen-bond acceptors (Lipinski definition) is 5. The average molecular weight is 402 g/mol. The molecule has 1 amide bonds. The summed E-state index contributed by atoms with van der Waals surface area (Å²) in [6.45, 7) is 3.51. The molecule has 1 unspecified atom stereocenters. The smallest absolute Gasteiger partial charge is 0.258 e. The van der Waals surface area contributed by atoms with Gasteiger partial charge in [-0.3, -0.25) is 9.59 Å². The van der Waals surface area contributed by atoms with Crippen LogP contribution in [0.25, 0.3) is 10.8 Å². The quantitative estimate of drug-likeness (QED) is 0.592. The van der Waals surface area contributed by atoms with Crippen molar-refractivity contribution in [2.24, 2.45) is 5.41 Å². The largest absolute Gasteiger partial charge is 0.394 e. The molecule has 158 valence electrons. The molecular formula is C22H30N2O5. The molecule has 0 aliphatic heterocycles. The van der Waals surface area contributed by atoms with E-state index in [1.54, 1.807) is 24.3 Å². The van der Waals surface area contributed by atoms with Gasteiger partial charge in [0.05, 0.1) is 31.3 Å². The van der Waals surface area contributed by atoms with Crippen molar-refractivity contribution >= 4 is 22.4 Å². The normalized spacial score (nSPS) is 21.4. The summed E-state index contributed by atoms with van der Waals surface area (Å²) in [4.78, 5) is 25.4. The van der Waals surface area contributed by atoms with Crippen molar-refractivity contribution < 1.29 is 20.1 Å². The predicted molar refractivity (Wildman–Crippen MR) is 112 cm³/mol. The molecule has 1 aliphatic rings. The van der Waals surface area contributed by atoms with Crippen LogP contribution in [0.3, 0.4) is 0 Å². The number of carbonyl (C=O) groups is 1. The zero-order chi connectivity index (χ0) is 21.2. The first kappa shape index (κ1) is 21.5. The van der Waals surface area contributed by atoms with Gasteiger partial charge >= 0.3 is 0 Å². The number of carbonyl (C=O) groups excluding carboxylic acids is 1. The first-order chi connectivity index (χ1) is 13.7. The van der Waals surface area contributed by atoms with E-state index in [4.69, 9.17) is 0 Å². The monoisotopic (exact) mass is 402 g/mol. The van der Waals surface area contributed by atoms with Gasteiger partial charge in [-0.1, -0.05) is 26.3 Å². The Morgan fingerprint density at radius 3 is 2.55 bits per heavy atom. The van der Waals surface area contributed by atoms with Crippen molar-refractivity contribution in [3.8, 4) is 0 Å². The van der Waals surface area contributed by atoms with Crippen LogP contribution in [0.5, 0.6) is 0 Å². The van der Waals surface area contributed by atoms with Crippen molar-refractivity contribution in [2.75, 3.05) is 18.5 Å². The molecule has 1 aromatic carbocycles. The minimum Gasteiger partial charge on any atom is -0.394 e. The third-order valence-electron chi connectivity index (χ3n) is 5.85. The van der Waals surface area contributed by atoms with Gasteiger partial charge in [0.25, 0.3) is 5.56 Å². The van der Waals surface area contributed by atoms with Gasteiger partial charge in [0.15, 0.2) is 0 Å². The molecule has 2 aromatic rings. The van der Waals surface area contributed by atoms with Crippen LogP contribution in [0.15, 0.2) is 35.3 Å². The number of hydrogen-bond donors (Lipinski definition) is 4. The first-order valence-corrected chi connectivity index (χ1v) is 10.1. The second-order valence-corrected chi connectivity index (χ2v) is 8.96. The second-order valence-electron chi connectivity index (χ2n) is 8.96. The molecule has 7 heteroatoms. The highest BCUT2D eigenvalue weighted by atomic mass is 16.3. The van der Waals surface area contributed by atoms with Crippen LogP contribution in [0.4, 0.5) is 5.69 Å². The van der Waals surface area contributed by atoms with Gasteiger partial charge in [-0.2, -0.15) is 0 Å². The Morgan fingerprint density at radius 2 is 1.90 bits per heavy atom. The zero-order valence-electron chi connectivity index (χ0n) is 17.0. The van der Waals surface area contributed by atoms with Crippen molar-refractivity contribution in [1.82, 2.24) is 4.57 Å². The van der Waals surface area contributed by atoms with Crippen molar-refractivity contribution in [3.63, 3.8) is 0 Å². The Bertz CT molecular complexity index is 948. The van der Waals surface area contributed by atoms with Crippen LogP contribution in [0.2, 0.25) is 0 Å². The number of anilines is 1. The van der Waals surface area contributed by atoms with Crippen LogP contribution in [-0.2, 0) is 4.79 Å². The number of aliphatic hydroxyl groups is 3. The molecule has 3 rings (SSSR count). The van der Waals surface area contributed by atoms with Crippen molar-refractivity contribution in [3.05, 3.63) is 40.8 Å². The van der Waals surface area contributed by atoms with Crippen LogP contribution < -0.4 is 10.9 Å². The Balaban J connectivity index is 1.84. The van der Waals surface area contributed by atoms with E-state index >= 15 is 0 Å². The molecule has 0 spiro atoms. The number of pyridine rings is 1. The van der Waals surface area contributed by atoms with E-state index < -0.39 is 11.6 Å². The van der Waals surface area contributed by atoms with Gasteiger partial charge in [0.1, 0.15) is 0 Å². The lowest BCUT2D eigenvalue weighted by molar-refractivity contribution is -0.124. The summed E-state index contributed by atoms with van der Waals surface area (Å²) in [5.41, 5.74) is -0.855. The molecule has 4 N–H and O–H groups in total. The molecule has 29 heavy (non-hydrogen) atoms. The van der Waals surface area contributed by atoms with Gasteiger partial charge in [-0.05, 0) is 42.9 Å². The molecule has 0 saturated heterocycles. The van der Waals surface area contributed by atoms with E-state index in [2.05, 4.69) is 19.2 Å². The summed E-state index contributed by atoms with van der Waals surface area (Å²) in [6, 6.07) is 6.01. The molecule has 1 saturated carbocycles. The maximum Gasteiger partial charge on any atom is 0.258 e. The molecule has 1 fully saturated rings. The summed E-state index contributed by atoms with van der Waals surface area (Å²) in [5, 5.41) is 33.4. The van der Waals surface area contributed by atoms with E-state index in [1.165, 1.54) is 10.8 Å². The molecule has 7 nitrogen and oxygen atoms in total. The van der Waals surface area contributed by atoms with Crippen molar-refractivity contribution in [1.29, 1.82) is 0 Å². The molecule has 0 bridgehead atoms. The summed E-state index contributed by atoms with van der Waals surface area (Å²) in [6.07, 6.45) is 4.64. The van der Waals surface area contributed by atoms with Gasteiger partial charge < -0.3 is 25.2 Å². The number of nitrogens with zero attached hydrogens (tertiary/aromatic N) is 1.